The van der Waals surface area contributed by atoms with Gasteiger partial charge in [0.15, 0.2) is 0 Å². The molecule has 2 amide bonds. The lowest BCUT2D eigenvalue weighted by Crippen LogP contribution is -2.48. The number of halogens is 3. The van der Waals surface area contributed by atoms with Gasteiger partial charge in [0.1, 0.15) is 18.5 Å². The topological polar surface area (TPSA) is 75.2 Å². The molecule has 3 aliphatic rings. The Hall–Kier alpha value is -2.61. The first-order valence-electron chi connectivity index (χ1n) is 9.42. The number of anilines is 1. The molecule has 5 rings (SSSR count). The molecular formula is C20H17ClF2N4O2. The molecule has 1 spiro atoms. The summed E-state index contributed by atoms with van der Waals surface area (Å²) in [5.74, 6) is -1.23. The van der Waals surface area contributed by atoms with Gasteiger partial charge in [0.2, 0.25) is 11.9 Å². The number of rotatable bonds is 4. The van der Waals surface area contributed by atoms with E-state index in [9.17, 15) is 14.0 Å². The van der Waals surface area contributed by atoms with E-state index in [2.05, 4.69) is 15.3 Å². The number of nitrogens with one attached hydrogen (secondary N) is 1. The van der Waals surface area contributed by atoms with Gasteiger partial charge < -0.3 is 4.90 Å². The van der Waals surface area contributed by atoms with Crippen molar-refractivity contribution in [3.05, 3.63) is 52.1 Å². The number of carbonyl (C=O) groups is 2. The Morgan fingerprint density at radius 2 is 2.00 bits per heavy atom. The minimum Gasteiger partial charge on any atom is -0.328 e. The molecule has 2 fully saturated rings. The average Bonchev–Trinajstić information content (AvgIpc) is 3.60. The summed E-state index contributed by atoms with van der Waals surface area (Å²) in [4.78, 5) is 34.3. The molecule has 0 radical (unpaired) electrons. The molecule has 0 bridgehead atoms. The minimum absolute atomic E-state index is 0.0278. The van der Waals surface area contributed by atoms with Crippen molar-refractivity contribution < 1.29 is 18.4 Å². The van der Waals surface area contributed by atoms with Crippen molar-refractivity contribution in [3.63, 3.8) is 0 Å². The summed E-state index contributed by atoms with van der Waals surface area (Å²) in [7, 11) is 0. The molecule has 1 N–H and O–H groups in total. The van der Waals surface area contributed by atoms with E-state index in [4.69, 9.17) is 11.6 Å². The van der Waals surface area contributed by atoms with Crippen molar-refractivity contribution in [2.75, 3.05) is 18.4 Å². The Labute approximate surface area is 170 Å². The number of nitrogens with zero attached hydrogens (tertiary/aromatic N) is 3. The third kappa shape index (κ3) is 3.06. The molecule has 2 heterocycles. The van der Waals surface area contributed by atoms with Crippen LogP contribution in [-0.4, -0.2) is 45.9 Å². The normalized spacial score (nSPS) is 25.1. The van der Waals surface area contributed by atoms with Gasteiger partial charge in [-0.25, -0.2) is 18.7 Å². The zero-order chi connectivity index (χ0) is 20.3. The molecule has 1 aliphatic heterocycles. The van der Waals surface area contributed by atoms with E-state index < -0.39 is 29.2 Å². The molecule has 150 valence electrons. The zero-order valence-electron chi connectivity index (χ0n) is 15.3. The lowest BCUT2D eigenvalue weighted by Gasteiger charge is -2.35. The summed E-state index contributed by atoms with van der Waals surface area (Å²) >= 11 is 5.71. The van der Waals surface area contributed by atoms with Gasteiger partial charge in [-0.2, -0.15) is 0 Å². The SMILES string of the molecule is O=C(CN1C[C@]2(C[C@H]2F)c2c(ccc(C3CC3)c2F)C1=O)Nc1ncc(Cl)cn1. The molecule has 0 unspecified atom stereocenters. The maximum Gasteiger partial charge on any atom is 0.254 e. The Morgan fingerprint density at radius 1 is 1.31 bits per heavy atom. The molecule has 1 aromatic heterocycles. The monoisotopic (exact) mass is 418 g/mol. The van der Waals surface area contributed by atoms with Crippen LogP contribution in [-0.2, 0) is 10.2 Å². The fourth-order valence-electron chi connectivity index (χ4n) is 4.15. The highest BCUT2D eigenvalue weighted by atomic mass is 35.5. The van der Waals surface area contributed by atoms with Crippen molar-refractivity contribution in [1.82, 2.24) is 14.9 Å². The number of carbonyl (C=O) groups excluding carboxylic acids is 2. The predicted molar refractivity (Wildman–Crippen MR) is 101 cm³/mol. The van der Waals surface area contributed by atoms with Gasteiger partial charge in [-0.1, -0.05) is 17.7 Å². The lowest BCUT2D eigenvalue weighted by atomic mass is 9.83. The molecule has 6 nitrogen and oxygen atoms in total. The Bertz CT molecular complexity index is 1030. The van der Waals surface area contributed by atoms with Crippen LogP contribution in [0.15, 0.2) is 24.5 Å². The van der Waals surface area contributed by atoms with E-state index in [0.29, 0.717) is 10.6 Å². The molecule has 9 heteroatoms. The van der Waals surface area contributed by atoms with E-state index in [1.165, 1.54) is 17.3 Å². The van der Waals surface area contributed by atoms with Crippen LogP contribution in [0.25, 0.3) is 0 Å². The van der Waals surface area contributed by atoms with Crippen molar-refractivity contribution in [2.24, 2.45) is 0 Å². The van der Waals surface area contributed by atoms with Gasteiger partial charge >= 0.3 is 0 Å². The number of benzene rings is 1. The van der Waals surface area contributed by atoms with Crippen molar-refractivity contribution in [2.45, 2.75) is 36.8 Å². The largest absolute Gasteiger partial charge is 0.328 e. The van der Waals surface area contributed by atoms with Crippen LogP contribution in [0.4, 0.5) is 14.7 Å². The van der Waals surface area contributed by atoms with E-state index in [0.717, 1.165) is 12.8 Å². The molecule has 29 heavy (non-hydrogen) atoms. The van der Waals surface area contributed by atoms with Crippen LogP contribution in [0.5, 0.6) is 0 Å². The zero-order valence-corrected chi connectivity index (χ0v) is 16.0. The van der Waals surface area contributed by atoms with E-state index in [-0.39, 0.29) is 42.5 Å². The van der Waals surface area contributed by atoms with Crippen LogP contribution in [0, 0.1) is 5.82 Å². The van der Waals surface area contributed by atoms with Crippen molar-refractivity contribution in [3.8, 4) is 0 Å². The average molecular weight is 419 g/mol. The first kappa shape index (κ1) is 18.4. The Balaban J connectivity index is 1.41. The summed E-state index contributed by atoms with van der Waals surface area (Å²) in [6.45, 7) is -0.329. The fourth-order valence-corrected chi connectivity index (χ4v) is 4.25. The number of hydrogen-bond acceptors (Lipinski definition) is 4. The van der Waals surface area contributed by atoms with Crippen LogP contribution >= 0.6 is 11.6 Å². The van der Waals surface area contributed by atoms with Crippen molar-refractivity contribution >= 4 is 29.4 Å². The number of alkyl halides is 1. The molecule has 0 saturated heterocycles. The third-order valence-electron chi connectivity index (χ3n) is 5.87. The number of hydrogen-bond donors (Lipinski definition) is 1. The standard InChI is InChI=1S/C20H17ClF2N4O2/c21-11-6-24-19(25-7-11)26-15(28)8-27-9-20(5-14(20)22)16-13(18(27)29)4-3-12(17(16)23)10-1-2-10/h3-4,6-7,10,14H,1-2,5,8-9H2,(H,24,25,26,28)/t14-,20+/m1/s1. The number of fused-ring (bicyclic) bond motifs is 2. The van der Waals surface area contributed by atoms with Crippen LogP contribution < -0.4 is 5.32 Å². The van der Waals surface area contributed by atoms with Crippen LogP contribution in [0.1, 0.15) is 46.7 Å². The second-order valence-electron chi connectivity index (χ2n) is 7.93. The quantitative estimate of drug-likeness (QED) is 0.827. The van der Waals surface area contributed by atoms with E-state index in [1.807, 2.05) is 0 Å². The van der Waals surface area contributed by atoms with E-state index >= 15 is 4.39 Å². The Morgan fingerprint density at radius 3 is 2.62 bits per heavy atom. The first-order valence-corrected chi connectivity index (χ1v) is 9.80. The van der Waals surface area contributed by atoms with E-state index in [1.54, 1.807) is 12.1 Å². The second-order valence-corrected chi connectivity index (χ2v) is 8.36. The van der Waals surface area contributed by atoms with Gasteiger partial charge in [-0.3, -0.25) is 14.9 Å². The van der Waals surface area contributed by atoms with Crippen LogP contribution in [0.3, 0.4) is 0 Å². The molecule has 1 aromatic carbocycles. The molecule has 2 saturated carbocycles. The van der Waals surface area contributed by atoms with Crippen molar-refractivity contribution in [1.29, 1.82) is 0 Å². The fraction of sp³-hybridized carbons (Fsp3) is 0.400. The van der Waals surface area contributed by atoms with Gasteiger partial charge in [0.05, 0.1) is 22.8 Å². The predicted octanol–water partition coefficient (Wildman–Crippen LogP) is 3.22. The second kappa shape index (κ2) is 6.45. The van der Waals surface area contributed by atoms with Gasteiger partial charge in [-0.05, 0) is 36.8 Å². The molecule has 2 aliphatic carbocycles. The summed E-state index contributed by atoms with van der Waals surface area (Å²) < 4.78 is 29.6. The highest BCUT2D eigenvalue weighted by Gasteiger charge is 2.62. The maximum absolute atomic E-state index is 15.2. The summed E-state index contributed by atoms with van der Waals surface area (Å²) in [6, 6.07) is 3.20. The number of aromatic nitrogens is 2. The summed E-state index contributed by atoms with van der Waals surface area (Å²) in [5, 5.41) is 2.80. The van der Waals surface area contributed by atoms with Gasteiger partial charge in [0, 0.05) is 17.7 Å². The summed E-state index contributed by atoms with van der Waals surface area (Å²) in [5.41, 5.74) is -0.151. The smallest absolute Gasteiger partial charge is 0.254 e. The number of amides is 2. The third-order valence-corrected chi connectivity index (χ3v) is 6.06. The highest BCUT2D eigenvalue weighted by Crippen LogP contribution is 2.56. The first-order chi connectivity index (χ1) is 13.9. The van der Waals surface area contributed by atoms with Gasteiger partial charge in [0.25, 0.3) is 5.91 Å². The minimum atomic E-state index is -1.23. The van der Waals surface area contributed by atoms with Gasteiger partial charge in [-0.15, -0.1) is 0 Å². The maximum atomic E-state index is 15.2. The molecule has 2 aromatic rings. The molecule has 2 atom stereocenters. The molecular weight excluding hydrogens is 402 g/mol. The highest BCUT2D eigenvalue weighted by molar-refractivity contribution is 6.30. The lowest BCUT2D eigenvalue weighted by molar-refractivity contribution is -0.117. The summed E-state index contributed by atoms with van der Waals surface area (Å²) in [6.07, 6.45) is 3.41. The Kier molecular flexibility index (Phi) is 4.10. The van der Waals surface area contributed by atoms with Crippen LogP contribution in [0.2, 0.25) is 5.02 Å².